The van der Waals surface area contributed by atoms with E-state index in [4.69, 9.17) is 23.2 Å². The largest absolute Gasteiger partial charge is 0.322 e. The molecular weight excluding hydrogens is 455 g/mol. The monoisotopic (exact) mass is 476 g/mol. The van der Waals surface area contributed by atoms with Gasteiger partial charge in [0.05, 0.1) is 18.5 Å². The highest BCUT2D eigenvalue weighted by Crippen LogP contribution is 2.28. The minimum atomic E-state index is -3.59. The summed E-state index contributed by atoms with van der Waals surface area (Å²) in [5.41, 5.74) is 3.47. The summed E-state index contributed by atoms with van der Waals surface area (Å²) in [6.45, 7) is 2.15. The molecule has 3 rings (SSSR count). The third-order valence-corrected chi connectivity index (χ3v) is 6.28. The quantitative estimate of drug-likeness (QED) is 0.470. The summed E-state index contributed by atoms with van der Waals surface area (Å²) in [7, 11) is -3.59. The number of carbonyl (C=O) groups is 1. The van der Waals surface area contributed by atoms with Crippen LogP contribution >= 0.6 is 23.2 Å². The van der Waals surface area contributed by atoms with E-state index >= 15 is 0 Å². The van der Waals surface area contributed by atoms with E-state index in [1.807, 2.05) is 24.3 Å². The molecule has 0 spiro atoms. The number of nitrogens with one attached hydrogen (secondary N) is 1. The maximum atomic E-state index is 12.5. The Balaban J connectivity index is 1.76. The summed E-state index contributed by atoms with van der Waals surface area (Å²) >= 11 is 12.1. The molecule has 0 radical (unpaired) electrons. The van der Waals surface area contributed by atoms with Gasteiger partial charge < -0.3 is 5.32 Å². The Kier molecular flexibility index (Phi) is 7.26. The summed E-state index contributed by atoms with van der Waals surface area (Å²) in [6, 6.07) is 19.1. The number of hydrogen-bond donors (Lipinski definition) is 1. The Bertz CT molecular complexity index is 1160. The van der Waals surface area contributed by atoms with Gasteiger partial charge in [-0.05, 0) is 60.0 Å². The molecule has 0 aromatic heterocycles. The van der Waals surface area contributed by atoms with Crippen LogP contribution in [0.15, 0.2) is 66.7 Å². The van der Waals surface area contributed by atoms with E-state index in [0.29, 0.717) is 32.5 Å². The van der Waals surface area contributed by atoms with Crippen molar-refractivity contribution < 1.29 is 13.2 Å². The predicted molar refractivity (Wildman–Crippen MR) is 128 cm³/mol. The number of nitrogens with zero attached hydrogens (tertiary/aromatic N) is 1. The van der Waals surface area contributed by atoms with Crippen LogP contribution in [0.5, 0.6) is 0 Å². The molecule has 0 aliphatic carbocycles. The van der Waals surface area contributed by atoms with Crippen LogP contribution in [0, 0.1) is 0 Å². The molecule has 3 aromatic carbocycles. The maximum Gasteiger partial charge on any atom is 0.255 e. The number of sulfonamides is 1. The van der Waals surface area contributed by atoms with Gasteiger partial charge in [-0.3, -0.25) is 9.10 Å². The minimum Gasteiger partial charge on any atom is -0.322 e. The summed E-state index contributed by atoms with van der Waals surface area (Å²) < 4.78 is 25.9. The molecule has 0 saturated heterocycles. The van der Waals surface area contributed by atoms with Gasteiger partial charge in [0.25, 0.3) is 5.91 Å². The lowest BCUT2D eigenvalue weighted by molar-refractivity contribution is 0.102. The van der Waals surface area contributed by atoms with E-state index in [2.05, 4.69) is 12.2 Å². The molecule has 0 atom stereocenters. The van der Waals surface area contributed by atoms with E-state index in [-0.39, 0.29) is 12.5 Å². The highest BCUT2D eigenvalue weighted by atomic mass is 35.5. The van der Waals surface area contributed by atoms with Crippen molar-refractivity contribution in [2.75, 3.05) is 15.9 Å². The van der Waals surface area contributed by atoms with Crippen LogP contribution in [-0.2, 0) is 23.0 Å². The van der Waals surface area contributed by atoms with Crippen molar-refractivity contribution in [1.82, 2.24) is 0 Å². The van der Waals surface area contributed by atoms with Crippen molar-refractivity contribution in [3.63, 3.8) is 0 Å². The zero-order valence-corrected chi connectivity index (χ0v) is 19.4. The lowest BCUT2D eigenvalue weighted by atomic mass is 10.1. The number of amides is 1. The Morgan fingerprint density at radius 2 is 1.45 bits per heavy atom. The van der Waals surface area contributed by atoms with E-state index in [1.165, 1.54) is 15.9 Å². The number of anilines is 2. The predicted octanol–water partition coefficient (Wildman–Crippen LogP) is 5.77. The van der Waals surface area contributed by atoms with Crippen molar-refractivity contribution in [2.24, 2.45) is 0 Å². The topological polar surface area (TPSA) is 66.5 Å². The molecule has 5 nitrogen and oxygen atoms in total. The molecule has 8 heteroatoms. The molecule has 1 N–H and O–H groups in total. The van der Waals surface area contributed by atoms with Gasteiger partial charge in [0.1, 0.15) is 0 Å². The fraction of sp³-hybridized carbons (Fsp3) is 0.174. The average molecular weight is 477 g/mol. The first kappa shape index (κ1) is 23.1. The number of halogens is 2. The second-order valence-electron chi connectivity index (χ2n) is 7.10. The molecule has 3 aromatic rings. The zero-order valence-electron chi connectivity index (χ0n) is 17.1. The molecule has 1 amide bonds. The molecule has 0 unspecified atom stereocenters. The summed E-state index contributed by atoms with van der Waals surface area (Å²) in [6.07, 6.45) is 2.05. The Hall–Kier alpha value is -2.54. The van der Waals surface area contributed by atoms with Gasteiger partial charge in [-0.2, -0.15) is 0 Å². The highest BCUT2D eigenvalue weighted by Gasteiger charge is 2.19. The van der Waals surface area contributed by atoms with Gasteiger partial charge in [-0.15, -0.1) is 0 Å². The summed E-state index contributed by atoms with van der Waals surface area (Å²) in [5, 5.41) is 3.54. The van der Waals surface area contributed by atoms with E-state index in [0.717, 1.165) is 12.7 Å². The second-order valence-corrected chi connectivity index (χ2v) is 9.88. The third kappa shape index (κ3) is 6.23. The van der Waals surface area contributed by atoms with Crippen molar-refractivity contribution in [3.05, 3.63) is 93.5 Å². The first-order valence-corrected chi connectivity index (χ1v) is 12.2. The van der Waals surface area contributed by atoms with Crippen LogP contribution in [0.4, 0.5) is 11.4 Å². The molecule has 162 valence electrons. The second kappa shape index (κ2) is 9.73. The zero-order chi connectivity index (χ0) is 22.6. The molecule has 0 bridgehead atoms. The molecule has 0 fully saturated rings. The third-order valence-electron chi connectivity index (χ3n) is 4.70. The van der Waals surface area contributed by atoms with Crippen LogP contribution in [0.3, 0.4) is 0 Å². The van der Waals surface area contributed by atoms with Crippen LogP contribution in [-0.4, -0.2) is 20.6 Å². The summed E-state index contributed by atoms with van der Waals surface area (Å²) in [4.78, 5) is 12.5. The lowest BCUT2D eigenvalue weighted by Crippen LogP contribution is -2.29. The number of rotatable bonds is 7. The van der Waals surface area contributed by atoms with Crippen LogP contribution in [0.25, 0.3) is 0 Å². The van der Waals surface area contributed by atoms with Gasteiger partial charge >= 0.3 is 0 Å². The summed E-state index contributed by atoms with van der Waals surface area (Å²) in [5.74, 6) is -0.239. The molecule has 0 aliphatic heterocycles. The minimum absolute atomic E-state index is 0.0792. The SMILES string of the molecule is CCc1ccc(NC(=O)c2ccc(CN(c3cc(Cl)cc(Cl)c3)S(C)(=O)=O)cc2)cc1. The first-order valence-electron chi connectivity index (χ1n) is 9.59. The first-order chi connectivity index (χ1) is 14.7. The smallest absolute Gasteiger partial charge is 0.255 e. The lowest BCUT2D eigenvalue weighted by Gasteiger charge is -2.23. The molecule has 0 saturated carbocycles. The van der Waals surface area contributed by atoms with E-state index in [9.17, 15) is 13.2 Å². The normalized spacial score (nSPS) is 11.2. The van der Waals surface area contributed by atoms with Crippen LogP contribution in [0.1, 0.15) is 28.4 Å². The standard InChI is InChI=1S/C23H22Cl2N2O3S/c1-3-16-6-10-21(11-7-16)26-23(28)18-8-4-17(5-9-18)15-27(31(2,29)30)22-13-19(24)12-20(25)14-22/h4-14H,3,15H2,1-2H3,(H,26,28). The van der Waals surface area contributed by atoms with Crippen LogP contribution in [0.2, 0.25) is 10.0 Å². The Labute approximate surface area is 192 Å². The number of aryl methyl sites for hydroxylation is 1. The Morgan fingerprint density at radius 3 is 1.97 bits per heavy atom. The molecular formula is C23H22Cl2N2O3S. The fourth-order valence-corrected chi connectivity index (χ4v) is 4.42. The molecule has 0 heterocycles. The molecule has 31 heavy (non-hydrogen) atoms. The number of hydrogen-bond acceptors (Lipinski definition) is 3. The van der Waals surface area contributed by atoms with Gasteiger partial charge in [0, 0.05) is 21.3 Å². The molecule has 0 aliphatic rings. The van der Waals surface area contributed by atoms with Gasteiger partial charge in [0.15, 0.2) is 0 Å². The highest BCUT2D eigenvalue weighted by molar-refractivity contribution is 7.92. The van der Waals surface area contributed by atoms with Gasteiger partial charge in [-0.25, -0.2) is 8.42 Å². The number of benzene rings is 3. The van der Waals surface area contributed by atoms with E-state index < -0.39 is 10.0 Å². The fourth-order valence-electron chi connectivity index (χ4n) is 3.04. The maximum absolute atomic E-state index is 12.5. The van der Waals surface area contributed by atoms with Crippen molar-refractivity contribution in [2.45, 2.75) is 19.9 Å². The van der Waals surface area contributed by atoms with Gasteiger partial charge in [-0.1, -0.05) is 54.4 Å². The average Bonchev–Trinajstić information content (AvgIpc) is 2.71. The van der Waals surface area contributed by atoms with Crippen molar-refractivity contribution >= 4 is 50.5 Å². The van der Waals surface area contributed by atoms with Crippen molar-refractivity contribution in [3.8, 4) is 0 Å². The van der Waals surface area contributed by atoms with Crippen LogP contribution < -0.4 is 9.62 Å². The van der Waals surface area contributed by atoms with Gasteiger partial charge in [0.2, 0.25) is 10.0 Å². The van der Waals surface area contributed by atoms with Crippen molar-refractivity contribution in [1.29, 1.82) is 0 Å². The number of carbonyl (C=O) groups excluding carboxylic acids is 1. The van der Waals surface area contributed by atoms with E-state index in [1.54, 1.807) is 36.4 Å². The Morgan fingerprint density at radius 1 is 0.903 bits per heavy atom.